The number of carbonyl (C=O) groups excluding carboxylic acids is 1. The lowest BCUT2D eigenvalue weighted by atomic mass is 10.2. The summed E-state index contributed by atoms with van der Waals surface area (Å²) >= 11 is 5.52. The Morgan fingerprint density at radius 3 is 2.88 bits per heavy atom. The van der Waals surface area contributed by atoms with Crippen LogP contribution in [0.1, 0.15) is 12.0 Å². The summed E-state index contributed by atoms with van der Waals surface area (Å²) in [6.07, 6.45) is 0.377. The second-order valence-corrected chi connectivity index (χ2v) is 3.92. The molecule has 0 radical (unpaired) electrons. The molecular weight excluding hydrogens is 226 g/mol. The number of nitrogens with zero attached hydrogens (tertiary/aromatic N) is 1. The largest absolute Gasteiger partial charge is 0.497 e. The van der Waals surface area contributed by atoms with Crippen molar-refractivity contribution in [1.29, 1.82) is 0 Å². The third-order valence-electron chi connectivity index (χ3n) is 2.29. The van der Waals surface area contributed by atoms with Crippen molar-refractivity contribution >= 4 is 17.5 Å². The summed E-state index contributed by atoms with van der Waals surface area (Å²) in [5.74, 6) is 1.22. The van der Waals surface area contributed by atoms with Crippen molar-refractivity contribution < 1.29 is 9.53 Å². The highest BCUT2D eigenvalue weighted by atomic mass is 35.5. The zero-order chi connectivity index (χ0) is 12.0. The van der Waals surface area contributed by atoms with Crippen molar-refractivity contribution in [3.8, 4) is 5.75 Å². The van der Waals surface area contributed by atoms with Crippen LogP contribution in [0.25, 0.3) is 0 Å². The molecule has 0 bridgehead atoms. The van der Waals surface area contributed by atoms with Gasteiger partial charge in [-0.1, -0.05) is 12.1 Å². The van der Waals surface area contributed by atoms with Crippen molar-refractivity contribution in [3.63, 3.8) is 0 Å². The molecule has 0 aromatic heterocycles. The number of amides is 1. The molecule has 0 aliphatic heterocycles. The van der Waals surface area contributed by atoms with Crippen LogP contribution in [0.2, 0.25) is 0 Å². The Labute approximate surface area is 101 Å². The maximum absolute atomic E-state index is 11.5. The number of carbonyl (C=O) groups is 1. The molecule has 1 aromatic carbocycles. The quantitative estimate of drug-likeness (QED) is 0.741. The molecule has 0 spiro atoms. The zero-order valence-electron chi connectivity index (χ0n) is 9.57. The third kappa shape index (κ3) is 3.74. The van der Waals surface area contributed by atoms with E-state index in [2.05, 4.69) is 0 Å². The molecule has 1 rings (SSSR count). The lowest BCUT2D eigenvalue weighted by Gasteiger charge is -2.17. The first-order chi connectivity index (χ1) is 7.67. The van der Waals surface area contributed by atoms with Gasteiger partial charge in [-0.05, 0) is 17.7 Å². The monoisotopic (exact) mass is 241 g/mol. The maximum Gasteiger partial charge on any atom is 0.223 e. The topological polar surface area (TPSA) is 29.5 Å². The summed E-state index contributed by atoms with van der Waals surface area (Å²) in [7, 11) is 3.40. The van der Waals surface area contributed by atoms with E-state index >= 15 is 0 Å². The molecule has 0 atom stereocenters. The molecule has 0 fully saturated rings. The molecule has 0 N–H and O–H groups in total. The van der Waals surface area contributed by atoms with E-state index in [0.717, 1.165) is 11.3 Å². The van der Waals surface area contributed by atoms with Crippen LogP contribution >= 0.6 is 11.6 Å². The van der Waals surface area contributed by atoms with Gasteiger partial charge in [-0.3, -0.25) is 4.79 Å². The lowest BCUT2D eigenvalue weighted by molar-refractivity contribution is -0.129. The molecule has 0 unspecified atom stereocenters. The highest BCUT2D eigenvalue weighted by molar-refractivity contribution is 6.18. The van der Waals surface area contributed by atoms with Gasteiger partial charge < -0.3 is 9.64 Å². The molecule has 1 aromatic rings. The molecule has 0 aliphatic rings. The first-order valence-electron chi connectivity index (χ1n) is 5.10. The number of halogens is 1. The fourth-order valence-electron chi connectivity index (χ4n) is 1.40. The highest BCUT2D eigenvalue weighted by Crippen LogP contribution is 2.14. The number of rotatable bonds is 5. The maximum atomic E-state index is 11.5. The number of hydrogen-bond donors (Lipinski definition) is 0. The van der Waals surface area contributed by atoms with E-state index in [0.29, 0.717) is 18.8 Å². The Morgan fingerprint density at radius 2 is 2.25 bits per heavy atom. The first kappa shape index (κ1) is 12.8. The average molecular weight is 242 g/mol. The van der Waals surface area contributed by atoms with Crippen LogP contribution in [0.15, 0.2) is 24.3 Å². The lowest BCUT2D eigenvalue weighted by Crippen LogP contribution is -2.26. The predicted octanol–water partition coefficient (Wildman–Crippen LogP) is 2.28. The number of benzene rings is 1. The second kappa shape index (κ2) is 6.38. The van der Waals surface area contributed by atoms with Crippen molar-refractivity contribution in [3.05, 3.63) is 29.8 Å². The van der Waals surface area contributed by atoms with Crippen LogP contribution in [0, 0.1) is 0 Å². The molecule has 0 aliphatic carbocycles. The molecule has 0 saturated heterocycles. The van der Waals surface area contributed by atoms with E-state index in [4.69, 9.17) is 16.3 Å². The van der Waals surface area contributed by atoms with Gasteiger partial charge >= 0.3 is 0 Å². The highest BCUT2D eigenvalue weighted by Gasteiger charge is 2.08. The summed E-state index contributed by atoms with van der Waals surface area (Å²) in [4.78, 5) is 13.2. The Balaban J connectivity index is 2.61. The molecule has 16 heavy (non-hydrogen) atoms. The normalized spacial score (nSPS) is 9.94. The van der Waals surface area contributed by atoms with Gasteiger partial charge in [0.1, 0.15) is 5.75 Å². The summed E-state index contributed by atoms with van der Waals surface area (Å²) in [5.41, 5.74) is 1.05. The predicted molar refractivity (Wildman–Crippen MR) is 64.8 cm³/mol. The first-order valence-corrected chi connectivity index (χ1v) is 5.63. The van der Waals surface area contributed by atoms with Crippen LogP contribution in [0.5, 0.6) is 5.75 Å². The molecule has 1 amide bonds. The van der Waals surface area contributed by atoms with Crippen molar-refractivity contribution in [2.24, 2.45) is 0 Å². The van der Waals surface area contributed by atoms with Gasteiger partial charge in [-0.2, -0.15) is 0 Å². The summed E-state index contributed by atoms with van der Waals surface area (Å²) in [5, 5.41) is 0. The molecule has 0 heterocycles. The molecule has 88 valence electrons. The fraction of sp³-hybridized carbons (Fsp3) is 0.417. The van der Waals surface area contributed by atoms with Gasteiger partial charge in [0.2, 0.25) is 5.91 Å². The van der Waals surface area contributed by atoms with Crippen LogP contribution in [0.3, 0.4) is 0 Å². The Hall–Kier alpha value is -1.22. The standard InChI is InChI=1S/C12H16ClNO2/c1-14(12(15)6-7-13)9-10-4-3-5-11(8-10)16-2/h3-5,8H,6-7,9H2,1-2H3. The van der Waals surface area contributed by atoms with Crippen molar-refractivity contribution in [2.75, 3.05) is 20.0 Å². The zero-order valence-corrected chi connectivity index (χ0v) is 10.3. The van der Waals surface area contributed by atoms with Gasteiger partial charge in [-0.25, -0.2) is 0 Å². The number of methoxy groups -OCH3 is 1. The average Bonchev–Trinajstić information content (AvgIpc) is 2.29. The van der Waals surface area contributed by atoms with E-state index in [9.17, 15) is 4.79 Å². The number of ether oxygens (including phenoxy) is 1. The van der Waals surface area contributed by atoms with E-state index < -0.39 is 0 Å². The Bertz CT molecular complexity index is 355. The smallest absolute Gasteiger partial charge is 0.223 e. The van der Waals surface area contributed by atoms with Crippen molar-refractivity contribution in [2.45, 2.75) is 13.0 Å². The minimum atomic E-state index is 0.0535. The minimum Gasteiger partial charge on any atom is -0.497 e. The molecule has 0 saturated carbocycles. The Morgan fingerprint density at radius 1 is 1.50 bits per heavy atom. The van der Waals surface area contributed by atoms with Crippen LogP contribution in [-0.2, 0) is 11.3 Å². The van der Waals surface area contributed by atoms with E-state index in [1.165, 1.54) is 0 Å². The van der Waals surface area contributed by atoms with Gasteiger partial charge in [-0.15, -0.1) is 11.6 Å². The second-order valence-electron chi connectivity index (χ2n) is 3.54. The van der Waals surface area contributed by atoms with Crippen LogP contribution in [0.4, 0.5) is 0 Å². The SMILES string of the molecule is COc1cccc(CN(C)C(=O)CCCl)c1. The van der Waals surface area contributed by atoms with Gasteiger partial charge in [0.25, 0.3) is 0 Å². The van der Waals surface area contributed by atoms with Gasteiger partial charge in [0.15, 0.2) is 0 Å². The molecular formula is C12H16ClNO2. The van der Waals surface area contributed by atoms with Crippen LogP contribution in [-0.4, -0.2) is 30.8 Å². The van der Waals surface area contributed by atoms with Gasteiger partial charge in [0.05, 0.1) is 7.11 Å². The summed E-state index contributed by atoms with van der Waals surface area (Å²) < 4.78 is 5.12. The third-order valence-corrected chi connectivity index (χ3v) is 2.48. The summed E-state index contributed by atoms with van der Waals surface area (Å²) in [6.45, 7) is 0.576. The fourth-order valence-corrected chi connectivity index (χ4v) is 1.57. The van der Waals surface area contributed by atoms with Crippen molar-refractivity contribution in [1.82, 2.24) is 4.90 Å². The molecule has 4 heteroatoms. The number of alkyl halides is 1. The van der Waals surface area contributed by atoms with E-state index in [1.807, 2.05) is 24.3 Å². The number of hydrogen-bond acceptors (Lipinski definition) is 2. The van der Waals surface area contributed by atoms with E-state index in [-0.39, 0.29) is 5.91 Å². The van der Waals surface area contributed by atoms with Gasteiger partial charge in [0, 0.05) is 25.9 Å². The minimum absolute atomic E-state index is 0.0535. The van der Waals surface area contributed by atoms with Crippen LogP contribution < -0.4 is 4.74 Å². The van der Waals surface area contributed by atoms with E-state index in [1.54, 1.807) is 19.1 Å². The summed E-state index contributed by atoms with van der Waals surface area (Å²) in [6, 6.07) is 7.68. The molecule has 3 nitrogen and oxygen atoms in total. The Kier molecular flexibility index (Phi) is 5.12.